The molecular formula is C25H25NO5. The second-order valence-electron chi connectivity index (χ2n) is 8.00. The molecule has 6 nitrogen and oxygen atoms in total. The van der Waals surface area contributed by atoms with E-state index in [0.717, 1.165) is 5.57 Å². The second kappa shape index (κ2) is 7.61. The van der Waals surface area contributed by atoms with Crippen molar-refractivity contribution in [1.82, 2.24) is 0 Å². The van der Waals surface area contributed by atoms with Gasteiger partial charge in [0.2, 0.25) is 17.6 Å². The molecule has 1 fully saturated rings. The lowest BCUT2D eigenvalue weighted by molar-refractivity contribution is -0.127. The normalized spacial score (nSPS) is 25.1. The first-order chi connectivity index (χ1) is 14.9. The molecule has 1 N–H and O–H groups in total. The average Bonchev–Trinajstić information content (AvgIpc) is 2.99. The third-order valence-corrected chi connectivity index (χ3v) is 6.51. The highest BCUT2D eigenvalue weighted by molar-refractivity contribution is 6.24. The zero-order chi connectivity index (χ0) is 22.3. The number of carbonyl (C=O) groups is 2. The molecule has 3 unspecified atom stereocenters. The summed E-state index contributed by atoms with van der Waals surface area (Å²) in [5, 5.41) is 10.4. The highest BCUT2D eigenvalue weighted by Gasteiger charge is 2.62. The number of benzene rings is 2. The van der Waals surface area contributed by atoms with Crippen LogP contribution in [0.5, 0.6) is 17.2 Å². The molecule has 0 spiro atoms. The number of hydrogen-bond acceptors (Lipinski definition) is 5. The first-order valence-corrected chi connectivity index (χ1v) is 10.1. The quantitative estimate of drug-likeness (QED) is 0.735. The van der Waals surface area contributed by atoms with E-state index in [1.807, 2.05) is 19.1 Å². The number of rotatable bonds is 5. The van der Waals surface area contributed by atoms with Crippen molar-refractivity contribution >= 4 is 17.5 Å². The SMILES string of the molecule is C=CC1=CCC2C(=O)N(c3ccccc3)C(=O)C2(C)C1c1cc(OC)c(O)c(OC)c1. The van der Waals surface area contributed by atoms with Crippen LogP contribution in [0, 0.1) is 11.3 Å². The van der Waals surface area contributed by atoms with Crippen LogP contribution in [0.25, 0.3) is 0 Å². The van der Waals surface area contributed by atoms with Gasteiger partial charge in [-0.1, -0.05) is 36.9 Å². The molecule has 2 aliphatic rings. The lowest BCUT2D eigenvalue weighted by atomic mass is 9.60. The minimum absolute atomic E-state index is 0.116. The van der Waals surface area contributed by atoms with Crippen LogP contribution in [0.4, 0.5) is 5.69 Å². The summed E-state index contributed by atoms with van der Waals surface area (Å²) >= 11 is 0. The lowest BCUT2D eigenvalue weighted by Crippen LogP contribution is -2.41. The summed E-state index contributed by atoms with van der Waals surface area (Å²) in [7, 11) is 2.91. The smallest absolute Gasteiger partial charge is 0.241 e. The van der Waals surface area contributed by atoms with Gasteiger partial charge >= 0.3 is 0 Å². The highest BCUT2D eigenvalue weighted by atomic mass is 16.5. The van der Waals surface area contributed by atoms with Crippen molar-refractivity contribution < 1.29 is 24.2 Å². The van der Waals surface area contributed by atoms with Crippen LogP contribution in [-0.2, 0) is 9.59 Å². The molecule has 31 heavy (non-hydrogen) atoms. The van der Waals surface area contributed by atoms with Gasteiger partial charge in [0.1, 0.15) is 0 Å². The fraction of sp³-hybridized carbons (Fsp3) is 0.280. The van der Waals surface area contributed by atoms with Crippen molar-refractivity contribution in [3.63, 3.8) is 0 Å². The van der Waals surface area contributed by atoms with Crippen LogP contribution in [0.1, 0.15) is 24.8 Å². The Balaban J connectivity index is 1.91. The number of hydrogen-bond donors (Lipinski definition) is 1. The number of methoxy groups -OCH3 is 2. The van der Waals surface area contributed by atoms with Crippen molar-refractivity contribution in [1.29, 1.82) is 0 Å². The number of phenolic OH excluding ortho intramolecular Hbond substituents is 1. The van der Waals surface area contributed by atoms with Crippen LogP contribution >= 0.6 is 0 Å². The van der Waals surface area contributed by atoms with Gasteiger partial charge in [0.15, 0.2) is 11.5 Å². The number of para-hydroxylation sites is 1. The van der Waals surface area contributed by atoms with Crippen LogP contribution in [-0.4, -0.2) is 31.1 Å². The van der Waals surface area contributed by atoms with Crippen molar-refractivity contribution in [2.45, 2.75) is 19.3 Å². The van der Waals surface area contributed by atoms with E-state index in [-0.39, 0.29) is 29.1 Å². The number of phenols is 1. The van der Waals surface area contributed by atoms with Gasteiger partial charge < -0.3 is 14.6 Å². The number of fused-ring (bicyclic) bond motifs is 1. The summed E-state index contributed by atoms with van der Waals surface area (Å²) < 4.78 is 10.7. The minimum Gasteiger partial charge on any atom is -0.502 e. The molecule has 1 heterocycles. The van der Waals surface area contributed by atoms with Gasteiger partial charge in [0.25, 0.3) is 0 Å². The topological polar surface area (TPSA) is 76.1 Å². The zero-order valence-corrected chi connectivity index (χ0v) is 17.8. The number of anilines is 1. The van der Waals surface area contributed by atoms with Crippen molar-refractivity contribution in [3.05, 3.63) is 72.3 Å². The molecule has 0 bridgehead atoms. The maximum absolute atomic E-state index is 13.8. The molecule has 2 amide bonds. The van der Waals surface area contributed by atoms with Gasteiger partial charge in [-0.05, 0) is 48.7 Å². The summed E-state index contributed by atoms with van der Waals surface area (Å²) in [6.07, 6.45) is 4.14. The van der Waals surface area contributed by atoms with Crippen molar-refractivity contribution in [2.75, 3.05) is 19.1 Å². The highest BCUT2D eigenvalue weighted by Crippen LogP contribution is 2.57. The molecule has 0 aromatic heterocycles. The van der Waals surface area contributed by atoms with E-state index in [9.17, 15) is 14.7 Å². The average molecular weight is 419 g/mol. The summed E-state index contributed by atoms with van der Waals surface area (Å²) in [6.45, 7) is 5.78. The third kappa shape index (κ3) is 2.93. The van der Waals surface area contributed by atoms with Crippen LogP contribution in [0.2, 0.25) is 0 Å². The Morgan fingerprint density at radius 1 is 1.13 bits per heavy atom. The minimum atomic E-state index is -1.03. The molecule has 0 radical (unpaired) electrons. The van der Waals surface area contributed by atoms with Crippen molar-refractivity contribution in [3.8, 4) is 17.2 Å². The molecule has 3 atom stereocenters. The summed E-state index contributed by atoms with van der Waals surface area (Å²) in [5.74, 6) is -1.08. The Hall–Kier alpha value is -3.54. The molecule has 4 rings (SSSR count). The predicted molar refractivity (Wildman–Crippen MR) is 117 cm³/mol. The Bertz CT molecular complexity index is 1070. The fourth-order valence-corrected chi connectivity index (χ4v) is 4.93. The lowest BCUT2D eigenvalue weighted by Gasteiger charge is -2.40. The van der Waals surface area contributed by atoms with Crippen molar-refractivity contribution in [2.24, 2.45) is 11.3 Å². The molecule has 2 aromatic rings. The molecule has 1 aliphatic carbocycles. The van der Waals surface area contributed by atoms with Crippen LogP contribution < -0.4 is 14.4 Å². The number of nitrogens with zero attached hydrogens (tertiary/aromatic N) is 1. The maximum Gasteiger partial charge on any atom is 0.241 e. The van der Waals surface area contributed by atoms with Crippen LogP contribution in [0.3, 0.4) is 0 Å². The Morgan fingerprint density at radius 3 is 2.29 bits per heavy atom. The zero-order valence-electron chi connectivity index (χ0n) is 17.8. The maximum atomic E-state index is 13.8. The van der Waals surface area contributed by atoms with E-state index in [4.69, 9.17) is 9.47 Å². The van der Waals surface area contributed by atoms with Gasteiger partial charge in [-0.3, -0.25) is 9.59 Å². The third-order valence-electron chi connectivity index (χ3n) is 6.51. The Kier molecular flexibility index (Phi) is 5.09. The number of ether oxygens (including phenoxy) is 2. The van der Waals surface area contributed by atoms with Gasteiger partial charge in [0.05, 0.1) is 31.2 Å². The number of carbonyl (C=O) groups excluding carboxylic acids is 2. The molecule has 160 valence electrons. The Morgan fingerprint density at radius 2 is 1.74 bits per heavy atom. The molecule has 0 saturated carbocycles. The fourth-order valence-electron chi connectivity index (χ4n) is 4.93. The largest absolute Gasteiger partial charge is 0.502 e. The predicted octanol–water partition coefficient (Wildman–Crippen LogP) is 4.21. The first kappa shape index (κ1) is 20.7. The van der Waals surface area contributed by atoms with Gasteiger partial charge in [-0.15, -0.1) is 0 Å². The first-order valence-electron chi connectivity index (χ1n) is 10.1. The standard InChI is InChI=1S/C25H25NO5/c1-5-15-11-12-18-23(28)26(17-9-7-6-8-10-17)24(29)25(18,2)21(15)16-13-19(30-3)22(27)20(14-16)31-4/h5-11,13-14,18,21,27H,1,12H2,2-4H3. The van der Waals surface area contributed by atoms with E-state index < -0.39 is 17.3 Å². The van der Waals surface area contributed by atoms with E-state index in [1.54, 1.807) is 42.5 Å². The van der Waals surface area contributed by atoms with E-state index in [1.165, 1.54) is 19.1 Å². The van der Waals surface area contributed by atoms with Gasteiger partial charge in [-0.2, -0.15) is 0 Å². The summed E-state index contributed by atoms with van der Waals surface area (Å²) in [6, 6.07) is 12.4. The van der Waals surface area contributed by atoms with Crippen LogP contribution in [0.15, 0.2) is 66.8 Å². The summed E-state index contributed by atoms with van der Waals surface area (Å²) in [5.41, 5.74) is 1.09. The number of amides is 2. The van der Waals surface area contributed by atoms with Gasteiger partial charge in [0, 0.05) is 5.92 Å². The molecule has 6 heteroatoms. The van der Waals surface area contributed by atoms with E-state index in [2.05, 4.69) is 6.58 Å². The second-order valence-corrected chi connectivity index (χ2v) is 8.00. The number of allylic oxidation sites excluding steroid dienone is 3. The molecule has 1 saturated heterocycles. The van der Waals surface area contributed by atoms with E-state index in [0.29, 0.717) is 17.7 Å². The van der Waals surface area contributed by atoms with E-state index >= 15 is 0 Å². The molecule has 1 aliphatic heterocycles. The summed E-state index contributed by atoms with van der Waals surface area (Å²) in [4.78, 5) is 28.5. The molecule has 2 aromatic carbocycles. The molecular weight excluding hydrogens is 394 g/mol. The Labute approximate surface area is 181 Å². The monoisotopic (exact) mass is 419 g/mol. The number of imide groups is 1. The number of aromatic hydroxyl groups is 1. The van der Waals surface area contributed by atoms with Gasteiger partial charge in [-0.25, -0.2) is 4.90 Å².